The molecule has 18 heavy (non-hydrogen) atoms. The maximum atomic E-state index is 13.3. The quantitative estimate of drug-likeness (QED) is 0.797. The van der Waals surface area contributed by atoms with Crippen molar-refractivity contribution in [3.8, 4) is 0 Å². The predicted molar refractivity (Wildman–Crippen MR) is 78.5 cm³/mol. The van der Waals surface area contributed by atoms with Crippen LogP contribution < -0.4 is 5.32 Å². The van der Waals surface area contributed by atoms with Crippen LogP contribution in [0, 0.1) is 18.7 Å². The first kappa shape index (κ1) is 13.9. The second kappa shape index (κ2) is 6.55. The zero-order valence-corrected chi connectivity index (χ0v) is 12.5. The summed E-state index contributed by atoms with van der Waals surface area (Å²) in [5, 5.41) is 3.43. The fourth-order valence-corrected chi connectivity index (χ4v) is 3.07. The monoisotopic (exact) mass is 313 g/mol. The van der Waals surface area contributed by atoms with Gasteiger partial charge in [0.05, 0.1) is 4.47 Å². The van der Waals surface area contributed by atoms with Crippen LogP contribution in [0.2, 0.25) is 0 Å². The van der Waals surface area contributed by atoms with Crippen molar-refractivity contribution in [1.29, 1.82) is 0 Å². The Morgan fingerprint density at radius 3 is 2.72 bits per heavy atom. The van der Waals surface area contributed by atoms with Crippen molar-refractivity contribution in [2.75, 3.05) is 11.9 Å². The van der Waals surface area contributed by atoms with Crippen LogP contribution in [0.1, 0.15) is 44.1 Å². The number of nitrogens with one attached hydrogen (secondary N) is 1. The van der Waals surface area contributed by atoms with E-state index in [4.69, 9.17) is 0 Å². The van der Waals surface area contributed by atoms with Crippen molar-refractivity contribution in [2.24, 2.45) is 5.92 Å². The highest BCUT2D eigenvalue weighted by Gasteiger charge is 2.13. The molecule has 100 valence electrons. The largest absolute Gasteiger partial charge is 0.385 e. The van der Waals surface area contributed by atoms with Gasteiger partial charge in [-0.1, -0.05) is 32.1 Å². The number of anilines is 1. The Morgan fingerprint density at radius 1 is 1.28 bits per heavy atom. The van der Waals surface area contributed by atoms with Crippen LogP contribution >= 0.6 is 15.9 Å². The fraction of sp³-hybridized carbons (Fsp3) is 0.600. The number of hydrogen-bond donors (Lipinski definition) is 1. The Labute approximate surface area is 117 Å². The minimum absolute atomic E-state index is 0.190. The van der Waals surface area contributed by atoms with Crippen molar-refractivity contribution < 1.29 is 4.39 Å². The smallest absolute Gasteiger partial charge is 0.137 e. The van der Waals surface area contributed by atoms with Gasteiger partial charge in [0.25, 0.3) is 0 Å². The first-order chi connectivity index (χ1) is 8.66. The van der Waals surface area contributed by atoms with Gasteiger partial charge in [-0.05, 0) is 52.9 Å². The third kappa shape index (κ3) is 3.71. The van der Waals surface area contributed by atoms with Crippen LogP contribution in [0.25, 0.3) is 0 Å². The van der Waals surface area contributed by atoms with Crippen molar-refractivity contribution in [1.82, 2.24) is 0 Å². The Bertz CT molecular complexity index is 400. The molecule has 1 aromatic carbocycles. The average Bonchev–Trinajstić information content (AvgIpc) is 2.37. The molecule has 0 aliphatic heterocycles. The van der Waals surface area contributed by atoms with Gasteiger partial charge in [-0.15, -0.1) is 0 Å². The van der Waals surface area contributed by atoms with Gasteiger partial charge in [-0.2, -0.15) is 0 Å². The number of benzene rings is 1. The van der Waals surface area contributed by atoms with Gasteiger partial charge in [-0.3, -0.25) is 0 Å². The topological polar surface area (TPSA) is 12.0 Å². The second-order valence-electron chi connectivity index (χ2n) is 5.30. The van der Waals surface area contributed by atoms with Crippen LogP contribution in [0.4, 0.5) is 10.1 Å². The van der Waals surface area contributed by atoms with E-state index in [-0.39, 0.29) is 5.82 Å². The zero-order valence-electron chi connectivity index (χ0n) is 10.9. The van der Waals surface area contributed by atoms with Gasteiger partial charge in [0.15, 0.2) is 0 Å². The molecule has 0 bridgehead atoms. The summed E-state index contributed by atoms with van der Waals surface area (Å²) in [4.78, 5) is 0. The maximum Gasteiger partial charge on any atom is 0.137 e. The molecule has 0 aromatic heterocycles. The molecule has 1 aromatic rings. The van der Waals surface area contributed by atoms with E-state index in [9.17, 15) is 4.39 Å². The number of rotatable bonds is 4. The molecule has 0 saturated heterocycles. The summed E-state index contributed by atoms with van der Waals surface area (Å²) >= 11 is 3.23. The van der Waals surface area contributed by atoms with E-state index in [0.717, 1.165) is 23.7 Å². The molecule has 0 amide bonds. The SMILES string of the molecule is Cc1cc(F)c(Br)cc1NCCC1CCCCC1. The summed E-state index contributed by atoms with van der Waals surface area (Å²) in [6.07, 6.45) is 8.20. The lowest BCUT2D eigenvalue weighted by molar-refractivity contribution is 0.345. The standard InChI is InChI=1S/C15H21BrFN/c1-11-9-14(17)13(16)10-15(11)18-8-7-12-5-3-2-4-6-12/h9-10,12,18H,2-8H2,1H3. The average molecular weight is 314 g/mol. The molecule has 0 atom stereocenters. The number of aryl methyl sites for hydroxylation is 1. The van der Waals surface area contributed by atoms with Gasteiger partial charge in [-0.25, -0.2) is 4.39 Å². The summed E-state index contributed by atoms with van der Waals surface area (Å²) in [5.74, 6) is 0.695. The van der Waals surface area contributed by atoms with E-state index in [0.29, 0.717) is 4.47 Å². The Kier molecular flexibility index (Phi) is 5.04. The Balaban J connectivity index is 1.84. The van der Waals surface area contributed by atoms with Crippen molar-refractivity contribution in [2.45, 2.75) is 45.4 Å². The molecule has 2 rings (SSSR count). The van der Waals surface area contributed by atoms with Gasteiger partial charge in [0.2, 0.25) is 0 Å². The molecule has 1 saturated carbocycles. The first-order valence-corrected chi connectivity index (χ1v) is 7.65. The molecule has 0 radical (unpaired) electrons. The highest BCUT2D eigenvalue weighted by atomic mass is 79.9. The van der Waals surface area contributed by atoms with Crippen LogP contribution in [0.3, 0.4) is 0 Å². The minimum Gasteiger partial charge on any atom is -0.385 e. The number of hydrogen-bond acceptors (Lipinski definition) is 1. The highest BCUT2D eigenvalue weighted by molar-refractivity contribution is 9.10. The molecule has 0 unspecified atom stereocenters. The summed E-state index contributed by atoms with van der Waals surface area (Å²) in [6.45, 7) is 2.93. The fourth-order valence-electron chi connectivity index (χ4n) is 2.72. The minimum atomic E-state index is -0.190. The van der Waals surface area contributed by atoms with Crippen molar-refractivity contribution >= 4 is 21.6 Å². The second-order valence-corrected chi connectivity index (χ2v) is 6.16. The van der Waals surface area contributed by atoms with E-state index in [1.807, 2.05) is 13.0 Å². The molecule has 1 aliphatic carbocycles. The number of halogens is 2. The predicted octanol–water partition coefficient (Wildman–Crippen LogP) is 5.28. The summed E-state index contributed by atoms with van der Waals surface area (Å²) < 4.78 is 13.8. The summed E-state index contributed by atoms with van der Waals surface area (Å²) in [5.41, 5.74) is 2.01. The highest BCUT2D eigenvalue weighted by Crippen LogP contribution is 2.27. The van der Waals surface area contributed by atoms with Crippen molar-refractivity contribution in [3.63, 3.8) is 0 Å². The van der Waals surface area contributed by atoms with E-state index >= 15 is 0 Å². The molecular weight excluding hydrogens is 293 g/mol. The molecule has 1 aliphatic rings. The van der Waals surface area contributed by atoms with Gasteiger partial charge < -0.3 is 5.32 Å². The molecule has 1 nitrogen and oxygen atoms in total. The van der Waals surface area contributed by atoms with Gasteiger partial charge in [0.1, 0.15) is 5.82 Å². The molecule has 3 heteroatoms. The van der Waals surface area contributed by atoms with Crippen molar-refractivity contribution in [3.05, 3.63) is 28.0 Å². The van der Waals surface area contributed by atoms with Crippen LogP contribution in [-0.4, -0.2) is 6.54 Å². The molecule has 0 spiro atoms. The zero-order chi connectivity index (χ0) is 13.0. The summed E-state index contributed by atoms with van der Waals surface area (Å²) in [6, 6.07) is 3.42. The van der Waals surface area contributed by atoms with Gasteiger partial charge in [0, 0.05) is 12.2 Å². The van der Waals surface area contributed by atoms with Gasteiger partial charge >= 0.3 is 0 Å². The summed E-state index contributed by atoms with van der Waals surface area (Å²) in [7, 11) is 0. The third-order valence-corrected chi connectivity index (χ3v) is 4.47. The Hall–Kier alpha value is -0.570. The van der Waals surface area contributed by atoms with E-state index < -0.39 is 0 Å². The molecular formula is C15H21BrFN. The Morgan fingerprint density at radius 2 is 2.00 bits per heavy atom. The van der Waals surface area contributed by atoms with Crippen LogP contribution in [0.15, 0.2) is 16.6 Å². The normalized spacial score (nSPS) is 16.8. The lowest BCUT2D eigenvalue weighted by atomic mass is 9.87. The van der Waals surface area contributed by atoms with E-state index in [1.165, 1.54) is 38.5 Å². The molecule has 0 heterocycles. The van der Waals surface area contributed by atoms with Crippen LogP contribution in [0.5, 0.6) is 0 Å². The first-order valence-electron chi connectivity index (χ1n) is 6.86. The van der Waals surface area contributed by atoms with E-state index in [1.54, 1.807) is 6.07 Å². The van der Waals surface area contributed by atoms with Crippen LogP contribution in [-0.2, 0) is 0 Å². The lowest BCUT2D eigenvalue weighted by Gasteiger charge is -2.22. The molecule has 1 fully saturated rings. The lowest BCUT2D eigenvalue weighted by Crippen LogP contribution is -2.12. The van der Waals surface area contributed by atoms with E-state index in [2.05, 4.69) is 21.2 Å². The maximum absolute atomic E-state index is 13.3. The molecule has 1 N–H and O–H groups in total. The third-order valence-electron chi connectivity index (χ3n) is 3.86.